The van der Waals surface area contributed by atoms with Crippen LogP contribution in [0.5, 0.6) is 5.75 Å². The minimum absolute atomic E-state index is 0.192. The number of nitrogens with zero attached hydrogens (tertiary/aromatic N) is 2. The predicted molar refractivity (Wildman–Crippen MR) is 155 cm³/mol. The van der Waals surface area contributed by atoms with Crippen LogP contribution in [0.4, 0.5) is 0 Å². The monoisotopic (exact) mass is 748 g/mol. The summed E-state index contributed by atoms with van der Waals surface area (Å²) in [4.78, 5) is 43.5. The van der Waals surface area contributed by atoms with E-state index in [4.69, 9.17) is 21.1 Å². The Morgan fingerprint density at radius 1 is 1.22 bits per heavy atom. The molecule has 1 aliphatic heterocycles. The van der Waals surface area contributed by atoms with Crippen molar-refractivity contribution in [3.05, 3.63) is 90.6 Å². The minimum atomic E-state index is -0.733. The van der Waals surface area contributed by atoms with Gasteiger partial charge in [0.05, 0.1) is 32.0 Å². The van der Waals surface area contributed by atoms with E-state index in [1.807, 2.05) is 12.1 Å². The number of carbonyl (C=O) groups excluding carboxylic acids is 2. The van der Waals surface area contributed by atoms with Crippen LogP contribution in [0, 0.1) is 7.14 Å². The van der Waals surface area contributed by atoms with Gasteiger partial charge in [-0.1, -0.05) is 35.1 Å². The van der Waals surface area contributed by atoms with Gasteiger partial charge in [0.15, 0.2) is 10.6 Å². The SMILES string of the molecule is CCOC(=O)C1=C(C)N=c2s/c(=C\c3cc(I)cc(I)c3OC(C)=O)c(=O)n2[C@@H]1c1ccc(Cl)cc1. The van der Waals surface area contributed by atoms with Crippen LogP contribution in [-0.2, 0) is 14.3 Å². The van der Waals surface area contributed by atoms with E-state index in [9.17, 15) is 14.4 Å². The van der Waals surface area contributed by atoms with Gasteiger partial charge in [0.25, 0.3) is 5.56 Å². The highest BCUT2D eigenvalue weighted by Crippen LogP contribution is 2.32. The maximum absolute atomic E-state index is 13.8. The summed E-state index contributed by atoms with van der Waals surface area (Å²) in [7, 11) is 0. The molecule has 2 aromatic carbocycles. The normalized spacial score (nSPS) is 15.4. The van der Waals surface area contributed by atoms with Crippen molar-refractivity contribution in [3.63, 3.8) is 0 Å². The van der Waals surface area contributed by atoms with Crippen molar-refractivity contribution in [2.75, 3.05) is 6.61 Å². The molecule has 3 aromatic rings. The van der Waals surface area contributed by atoms with Crippen LogP contribution in [0.3, 0.4) is 0 Å². The Balaban J connectivity index is 1.98. The summed E-state index contributed by atoms with van der Waals surface area (Å²) in [6.45, 7) is 4.98. The smallest absolute Gasteiger partial charge is 0.338 e. The molecule has 186 valence electrons. The molecule has 0 fully saturated rings. The molecule has 2 heterocycles. The molecule has 0 amide bonds. The molecule has 7 nitrogen and oxygen atoms in total. The molecule has 0 saturated carbocycles. The molecule has 4 rings (SSSR count). The zero-order valence-corrected chi connectivity index (χ0v) is 25.2. The molecule has 1 atom stereocenters. The van der Waals surface area contributed by atoms with E-state index in [2.05, 4.69) is 50.2 Å². The molecular formula is C25H19ClI2N2O5S. The largest absolute Gasteiger partial charge is 0.463 e. The van der Waals surface area contributed by atoms with Crippen LogP contribution < -0.4 is 19.6 Å². The van der Waals surface area contributed by atoms with Crippen LogP contribution in [0.2, 0.25) is 5.02 Å². The number of halogens is 3. The molecule has 0 N–H and O–H groups in total. The summed E-state index contributed by atoms with van der Waals surface area (Å²) in [5.74, 6) is -0.605. The van der Waals surface area contributed by atoms with Crippen molar-refractivity contribution in [1.29, 1.82) is 0 Å². The highest BCUT2D eigenvalue weighted by atomic mass is 127. The number of hydrogen-bond donors (Lipinski definition) is 0. The zero-order chi connectivity index (χ0) is 26.1. The van der Waals surface area contributed by atoms with E-state index < -0.39 is 18.0 Å². The highest BCUT2D eigenvalue weighted by Gasteiger charge is 2.33. The topological polar surface area (TPSA) is 87.0 Å². The minimum Gasteiger partial charge on any atom is -0.463 e. The lowest BCUT2D eigenvalue weighted by molar-refractivity contribution is -0.139. The molecule has 0 unspecified atom stereocenters. The highest BCUT2D eigenvalue weighted by molar-refractivity contribution is 14.1. The van der Waals surface area contributed by atoms with Crippen LogP contribution in [-0.4, -0.2) is 23.1 Å². The number of esters is 2. The van der Waals surface area contributed by atoms with Crippen molar-refractivity contribution >= 4 is 86.1 Å². The molecule has 0 radical (unpaired) electrons. The van der Waals surface area contributed by atoms with Gasteiger partial charge in [0.1, 0.15) is 0 Å². The number of hydrogen-bond acceptors (Lipinski definition) is 7. The van der Waals surface area contributed by atoms with Crippen molar-refractivity contribution < 1.29 is 19.1 Å². The number of fused-ring (bicyclic) bond motifs is 1. The molecular weight excluding hydrogens is 730 g/mol. The number of thiazole rings is 1. The molecule has 1 aliphatic rings. The van der Waals surface area contributed by atoms with E-state index in [1.54, 1.807) is 44.2 Å². The van der Waals surface area contributed by atoms with Gasteiger partial charge in [-0.05, 0) is 94.9 Å². The van der Waals surface area contributed by atoms with E-state index in [0.717, 1.165) is 7.14 Å². The summed E-state index contributed by atoms with van der Waals surface area (Å²) < 4.78 is 14.3. The number of rotatable bonds is 5. The van der Waals surface area contributed by atoms with Crippen molar-refractivity contribution in [2.24, 2.45) is 4.99 Å². The van der Waals surface area contributed by atoms with Crippen molar-refractivity contribution in [3.8, 4) is 5.75 Å². The van der Waals surface area contributed by atoms with E-state index >= 15 is 0 Å². The second-order valence-corrected chi connectivity index (χ2v) is 11.6. The van der Waals surface area contributed by atoms with Gasteiger partial charge in [-0.3, -0.25) is 14.2 Å². The number of aromatic nitrogens is 1. The average molecular weight is 749 g/mol. The van der Waals surface area contributed by atoms with Gasteiger partial charge < -0.3 is 9.47 Å². The lowest BCUT2D eigenvalue weighted by Crippen LogP contribution is -2.39. The third-order valence-electron chi connectivity index (χ3n) is 5.27. The molecule has 11 heteroatoms. The third-order valence-corrected chi connectivity index (χ3v) is 7.93. The maximum Gasteiger partial charge on any atom is 0.338 e. The van der Waals surface area contributed by atoms with Gasteiger partial charge in [-0.15, -0.1) is 0 Å². The Morgan fingerprint density at radius 3 is 2.56 bits per heavy atom. The second kappa shape index (κ2) is 11.2. The van der Waals surface area contributed by atoms with E-state index in [1.165, 1.54) is 22.8 Å². The summed E-state index contributed by atoms with van der Waals surface area (Å²) >= 11 is 11.6. The Hall–Kier alpha value is -2.03. The van der Waals surface area contributed by atoms with Crippen molar-refractivity contribution in [1.82, 2.24) is 4.57 Å². The second-order valence-electron chi connectivity index (χ2n) is 7.75. The Bertz CT molecular complexity index is 1590. The van der Waals surface area contributed by atoms with Crippen LogP contribution >= 0.6 is 68.1 Å². The van der Waals surface area contributed by atoms with Gasteiger partial charge in [0.2, 0.25) is 0 Å². The molecule has 0 spiro atoms. The Morgan fingerprint density at radius 2 is 1.92 bits per heavy atom. The standard InChI is InChI=1S/C25H19ClI2N2O5S/c1-4-34-24(33)20-12(2)29-25-30(21(20)14-5-7-16(26)8-6-14)23(32)19(36-25)10-15-9-17(27)11-18(28)22(15)35-13(3)31/h5-11,21H,4H2,1-3H3/b19-10-/t21-/m1/s1. The molecule has 36 heavy (non-hydrogen) atoms. The van der Waals surface area contributed by atoms with Crippen molar-refractivity contribution in [2.45, 2.75) is 26.8 Å². The van der Waals surface area contributed by atoms with Gasteiger partial charge in [-0.2, -0.15) is 0 Å². The molecule has 0 saturated heterocycles. The quantitative estimate of drug-likeness (QED) is 0.217. The van der Waals surface area contributed by atoms with Crippen LogP contribution in [0.1, 0.15) is 37.9 Å². The van der Waals surface area contributed by atoms with Crippen LogP contribution in [0.25, 0.3) is 6.08 Å². The summed E-state index contributed by atoms with van der Waals surface area (Å²) in [6.07, 6.45) is 1.69. The molecule has 0 bridgehead atoms. The first-order valence-corrected chi connectivity index (χ1v) is 14.1. The number of carbonyl (C=O) groups is 2. The number of ether oxygens (including phenoxy) is 2. The van der Waals surface area contributed by atoms with Gasteiger partial charge >= 0.3 is 11.9 Å². The lowest BCUT2D eigenvalue weighted by atomic mass is 9.96. The molecule has 1 aromatic heterocycles. The third kappa shape index (κ3) is 5.46. The first kappa shape index (κ1) is 27.0. The Labute approximate surface area is 242 Å². The summed E-state index contributed by atoms with van der Waals surface area (Å²) in [5.41, 5.74) is 1.74. The first-order chi connectivity index (χ1) is 17.1. The van der Waals surface area contributed by atoms with E-state index in [0.29, 0.717) is 42.5 Å². The summed E-state index contributed by atoms with van der Waals surface area (Å²) in [6, 6.07) is 9.97. The zero-order valence-electron chi connectivity index (χ0n) is 19.3. The fourth-order valence-electron chi connectivity index (χ4n) is 3.83. The first-order valence-electron chi connectivity index (χ1n) is 10.7. The van der Waals surface area contributed by atoms with Gasteiger partial charge in [-0.25, -0.2) is 9.79 Å². The Kier molecular flexibility index (Phi) is 8.37. The fourth-order valence-corrected chi connectivity index (χ4v) is 7.00. The predicted octanol–water partition coefficient (Wildman–Crippen LogP) is 4.59. The summed E-state index contributed by atoms with van der Waals surface area (Å²) in [5, 5.41) is 0.538. The number of allylic oxidation sites excluding steroid dienone is 1. The fraction of sp³-hybridized carbons (Fsp3) is 0.200. The van der Waals surface area contributed by atoms with Crippen LogP contribution in [0.15, 0.2) is 57.5 Å². The lowest BCUT2D eigenvalue weighted by Gasteiger charge is -2.24. The molecule has 0 aliphatic carbocycles. The number of benzene rings is 2. The van der Waals surface area contributed by atoms with Gasteiger partial charge in [0, 0.05) is 21.1 Å². The van der Waals surface area contributed by atoms with E-state index in [-0.39, 0.29) is 12.2 Å². The average Bonchev–Trinajstić information content (AvgIpc) is 3.10. The maximum atomic E-state index is 13.8.